The predicted molar refractivity (Wildman–Crippen MR) is 83.9 cm³/mol. The highest BCUT2D eigenvalue weighted by Crippen LogP contribution is 2.50. The summed E-state index contributed by atoms with van der Waals surface area (Å²) in [4.78, 5) is 22.9. The van der Waals surface area contributed by atoms with Gasteiger partial charge in [0.2, 0.25) is 10.0 Å². The van der Waals surface area contributed by atoms with Crippen molar-refractivity contribution < 1.29 is 32.2 Å². The Morgan fingerprint density at radius 1 is 1.36 bits per heavy atom. The van der Waals surface area contributed by atoms with E-state index in [1.54, 1.807) is 0 Å². The van der Waals surface area contributed by atoms with E-state index in [0.29, 0.717) is 12.8 Å². The maximum atomic E-state index is 13.8. The molecule has 9 heteroatoms. The molecule has 1 aromatic rings. The largest absolute Gasteiger partial charge is 0.481 e. The topological polar surface area (TPSA) is 101 Å². The standard InChI is InChI=1S/C16H18FNO6S/c1-24-14(19)10-5-12(17)7-13(6-10)25(22,23)18-8-11-3-2-4-16(11,9-18)15(20)21/h5-7,11H,2-4,8-9H2,1H3,(H,20,21)/t11-,16+/m0/s1. The molecule has 0 spiro atoms. The predicted octanol–water partition coefficient (Wildman–Crippen LogP) is 1.49. The Morgan fingerprint density at radius 3 is 2.68 bits per heavy atom. The summed E-state index contributed by atoms with van der Waals surface area (Å²) in [5.74, 6) is -2.99. The number of nitrogens with zero attached hydrogens (tertiary/aromatic N) is 1. The van der Waals surface area contributed by atoms with Crippen LogP contribution in [0.15, 0.2) is 23.1 Å². The molecule has 1 saturated carbocycles. The normalized spacial score (nSPS) is 26.4. The third kappa shape index (κ3) is 2.81. The van der Waals surface area contributed by atoms with Gasteiger partial charge >= 0.3 is 11.9 Å². The molecule has 2 atom stereocenters. The van der Waals surface area contributed by atoms with Crippen LogP contribution < -0.4 is 0 Å². The van der Waals surface area contributed by atoms with E-state index >= 15 is 0 Å². The Morgan fingerprint density at radius 2 is 2.08 bits per heavy atom. The molecule has 2 fully saturated rings. The zero-order valence-electron chi connectivity index (χ0n) is 13.6. The molecule has 2 aliphatic rings. The van der Waals surface area contributed by atoms with Gasteiger partial charge < -0.3 is 9.84 Å². The Balaban J connectivity index is 1.97. The van der Waals surface area contributed by atoms with Crippen molar-refractivity contribution in [2.45, 2.75) is 24.2 Å². The summed E-state index contributed by atoms with van der Waals surface area (Å²) < 4.78 is 45.1. The average Bonchev–Trinajstić information content (AvgIpc) is 3.12. The molecule has 1 saturated heterocycles. The number of aliphatic carboxylic acids is 1. The Kier molecular flexibility index (Phi) is 4.32. The summed E-state index contributed by atoms with van der Waals surface area (Å²) in [7, 11) is -3.01. The van der Waals surface area contributed by atoms with E-state index in [9.17, 15) is 27.5 Å². The molecule has 0 bridgehead atoms. The van der Waals surface area contributed by atoms with E-state index in [4.69, 9.17) is 0 Å². The average molecular weight is 371 g/mol. The number of benzene rings is 1. The fourth-order valence-corrected chi connectivity index (χ4v) is 5.48. The molecular formula is C16H18FNO6S. The van der Waals surface area contributed by atoms with Gasteiger partial charge in [-0.1, -0.05) is 6.42 Å². The van der Waals surface area contributed by atoms with E-state index in [-0.39, 0.29) is 29.5 Å². The van der Waals surface area contributed by atoms with E-state index < -0.39 is 33.2 Å². The molecular weight excluding hydrogens is 353 g/mol. The number of carboxylic acids is 1. The highest BCUT2D eigenvalue weighted by molar-refractivity contribution is 7.89. The van der Waals surface area contributed by atoms with Crippen LogP contribution in [-0.2, 0) is 19.6 Å². The van der Waals surface area contributed by atoms with Gasteiger partial charge in [-0.3, -0.25) is 4.79 Å². The minimum atomic E-state index is -4.12. The van der Waals surface area contributed by atoms with E-state index in [2.05, 4.69) is 4.74 Å². The second-order valence-electron chi connectivity index (χ2n) is 6.52. The van der Waals surface area contributed by atoms with Gasteiger partial charge in [-0.15, -0.1) is 0 Å². The van der Waals surface area contributed by atoms with E-state index in [1.807, 2.05) is 0 Å². The maximum Gasteiger partial charge on any atom is 0.337 e. The molecule has 25 heavy (non-hydrogen) atoms. The van der Waals surface area contributed by atoms with Crippen LogP contribution in [0.25, 0.3) is 0 Å². The van der Waals surface area contributed by atoms with Gasteiger partial charge in [0.1, 0.15) is 5.82 Å². The van der Waals surface area contributed by atoms with Crippen LogP contribution in [0.4, 0.5) is 4.39 Å². The molecule has 7 nitrogen and oxygen atoms in total. The third-order valence-electron chi connectivity index (χ3n) is 5.20. The second-order valence-corrected chi connectivity index (χ2v) is 8.45. The summed E-state index contributed by atoms with van der Waals surface area (Å²) in [5, 5.41) is 9.58. The third-order valence-corrected chi connectivity index (χ3v) is 6.99. The molecule has 1 aliphatic heterocycles. The van der Waals surface area contributed by atoms with Crippen molar-refractivity contribution in [3.63, 3.8) is 0 Å². The van der Waals surface area contributed by atoms with Crippen LogP contribution in [0.1, 0.15) is 29.6 Å². The van der Waals surface area contributed by atoms with Gasteiger partial charge in [-0.05, 0) is 37.0 Å². The van der Waals surface area contributed by atoms with Crippen LogP contribution in [0.3, 0.4) is 0 Å². The highest BCUT2D eigenvalue weighted by atomic mass is 32.2. The van der Waals surface area contributed by atoms with Crippen molar-refractivity contribution in [3.05, 3.63) is 29.6 Å². The molecule has 1 N–H and O–H groups in total. The quantitative estimate of drug-likeness (QED) is 0.805. The van der Waals surface area contributed by atoms with Crippen LogP contribution in [-0.4, -0.2) is 50.0 Å². The first-order chi connectivity index (χ1) is 11.7. The minimum absolute atomic E-state index is 0.0820. The van der Waals surface area contributed by atoms with Crippen LogP contribution in [0, 0.1) is 17.2 Å². The number of ether oxygens (including phenoxy) is 1. The lowest BCUT2D eigenvalue weighted by atomic mass is 9.81. The number of carbonyl (C=O) groups is 2. The molecule has 0 unspecified atom stereocenters. The van der Waals surface area contributed by atoms with Crippen LogP contribution in [0.2, 0.25) is 0 Å². The number of carbonyl (C=O) groups excluding carboxylic acids is 1. The zero-order valence-corrected chi connectivity index (χ0v) is 14.4. The number of hydrogen-bond acceptors (Lipinski definition) is 5. The smallest absolute Gasteiger partial charge is 0.337 e. The SMILES string of the molecule is COC(=O)c1cc(F)cc(S(=O)(=O)N2C[C@@H]3CCC[C@@]3(C(=O)O)C2)c1. The van der Waals surface area contributed by atoms with Crippen molar-refractivity contribution in [1.29, 1.82) is 0 Å². The van der Waals surface area contributed by atoms with Crippen molar-refractivity contribution in [1.82, 2.24) is 4.31 Å². The van der Waals surface area contributed by atoms with Gasteiger partial charge in [0.05, 0.1) is 23.0 Å². The first-order valence-corrected chi connectivity index (χ1v) is 9.27. The number of hydrogen-bond donors (Lipinski definition) is 1. The first kappa shape index (κ1) is 17.8. The lowest BCUT2D eigenvalue weighted by Gasteiger charge is -2.23. The number of methoxy groups -OCH3 is 1. The molecule has 1 heterocycles. The van der Waals surface area contributed by atoms with Crippen molar-refractivity contribution in [3.8, 4) is 0 Å². The summed E-state index contributed by atoms with van der Waals surface area (Å²) >= 11 is 0. The van der Waals surface area contributed by atoms with Crippen molar-refractivity contribution >= 4 is 22.0 Å². The molecule has 0 aromatic heterocycles. The van der Waals surface area contributed by atoms with Gasteiger partial charge in [0, 0.05) is 13.1 Å². The molecule has 1 aliphatic carbocycles. The van der Waals surface area contributed by atoms with Gasteiger partial charge in [-0.25, -0.2) is 17.6 Å². The zero-order chi connectivity index (χ0) is 18.4. The number of esters is 1. The Bertz CT molecular complexity index is 839. The van der Waals surface area contributed by atoms with Gasteiger partial charge in [0.25, 0.3) is 0 Å². The van der Waals surface area contributed by atoms with Gasteiger partial charge in [0.15, 0.2) is 0 Å². The fraction of sp³-hybridized carbons (Fsp3) is 0.500. The number of halogens is 1. The maximum absolute atomic E-state index is 13.8. The lowest BCUT2D eigenvalue weighted by molar-refractivity contribution is -0.149. The van der Waals surface area contributed by atoms with Crippen LogP contribution in [0.5, 0.6) is 0 Å². The van der Waals surface area contributed by atoms with Crippen LogP contribution >= 0.6 is 0 Å². The monoisotopic (exact) mass is 371 g/mol. The molecule has 0 radical (unpaired) electrons. The Hall–Kier alpha value is -2.00. The summed E-state index contributed by atoms with van der Waals surface area (Å²) in [6.45, 7) is -0.0574. The fourth-order valence-electron chi connectivity index (χ4n) is 3.87. The summed E-state index contributed by atoms with van der Waals surface area (Å²) in [5.41, 5.74) is -1.29. The number of sulfonamides is 1. The minimum Gasteiger partial charge on any atom is -0.481 e. The number of fused-ring (bicyclic) bond motifs is 1. The number of rotatable bonds is 4. The molecule has 3 rings (SSSR count). The number of carboxylic acid groups (broad SMARTS) is 1. The summed E-state index contributed by atoms with van der Waals surface area (Å²) in [6, 6.07) is 2.76. The van der Waals surface area contributed by atoms with Crippen molar-refractivity contribution in [2.24, 2.45) is 11.3 Å². The molecule has 1 aromatic carbocycles. The van der Waals surface area contributed by atoms with Gasteiger partial charge in [-0.2, -0.15) is 4.31 Å². The summed E-state index contributed by atoms with van der Waals surface area (Å²) in [6.07, 6.45) is 1.82. The van der Waals surface area contributed by atoms with Crippen molar-refractivity contribution in [2.75, 3.05) is 20.2 Å². The second kappa shape index (κ2) is 6.06. The molecule has 0 amide bonds. The Labute approximate surface area is 144 Å². The lowest BCUT2D eigenvalue weighted by Crippen LogP contribution is -2.37. The first-order valence-electron chi connectivity index (χ1n) is 7.83. The highest BCUT2D eigenvalue weighted by Gasteiger charge is 2.57. The molecule has 136 valence electrons. The van der Waals surface area contributed by atoms with E-state index in [0.717, 1.165) is 36.0 Å². The van der Waals surface area contributed by atoms with E-state index in [1.165, 1.54) is 0 Å².